The van der Waals surface area contributed by atoms with E-state index in [9.17, 15) is 4.79 Å². The van der Waals surface area contributed by atoms with Gasteiger partial charge in [0, 0.05) is 20.0 Å². The third-order valence-electron chi connectivity index (χ3n) is 1.18. The normalized spacial score (nSPS) is 12.6. The van der Waals surface area contributed by atoms with Crippen molar-refractivity contribution in [2.24, 2.45) is 5.92 Å². The van der Waals surface area contributed by atoms with E-state index in [1.807, 2.05) is 0 Å². The second-order valence-electron chi connectivity index (χ2n) is 2.31. The molecule has 11 heavy (non-hydrogen) atoms. The number of methoxy groups -OCH3 is 1. The molecule has 0 aliphatic heterocycles. The molecule has 4 heteroatoms. The number of carbonyl (C=O) groups is 1. The maximum Gasteiger partial charge on any atom is 0.302 e. The number of rotatable bonds is 5. The topological polar surface area (TPSA) is 55.8 Å². The minimum atomic E-state index is -0.334. The average Bonchev–Trinajstić information content (AvgIpc) is 1.97. The molecule has 66 valence electrons. The molecular formula is C7H14O4. The van der Waals surface area contributed by atoms with Crippen LogP contribution in [0, 0.1) is 5.92 Å². The van der Waals surface area contributed by atoms with Gasteiger partial charge in [0.2, 0.25) is 0 Å². The summed E-state index contributed by atoms with van der Waals surface area (Å²) in [5, 5.41) is 8.70. The zero-order valence-electron chi connectivity index (χ0n) is 6.87. The largest absolute Gasteiger partial charge is 0.465 e. The molecule has 0 bridgehead atoms. The molecule has 4 nitrogen and oxygen atoms in total. The number of aliphatic hydroxyl groups excluding tert-OH is 1. The summed E-state index contributed by atoms with van der Waals surface area (Å²) in [5.74, 6) is -0.441. The molecule has 0 saturated carbocycles. The van der Waals surface area contributed by atoms with Gasteiger partial charge in [0.25, 0.3) is 0 Å². The van der Waals surface area contributed by atoms with Gasteiger partial charge in [-0.05, 0) is 0 Å². The molecule has 0 unspecified atom stereocenters. The van der Waals surface area contributed by atoms with E-state index < -0.39 is 0 Å². The van der Waals surface area contributed by atoms with Crippen molar-refractivity contribution in [1.82, 2.24) is 0 Å². The van der Waals surface area contributed by atoms with Gasteiger partial charge in [-0.2, -0.15) is 0 Å². The molecule has 0 heterocycles. The molecule has 1 atom stereocenters. The molecule has 0 aliphatic carbocycles. The number of aliphatic hydroxyl groups is 1. The van der Waals surface area contributed by atoms with E-state index in [4.69, 9.17) is 9.84 Å². The van der Waals surface area contributed by atoms with Crippen LogP contribution in [0.15, 0.2) is 0 Å². The quantitative estimate of drug-likeness (QED) is 0.569. The Labute approximate surface area is 66.1 Å². The summed E-state index contributed by atoms with van der Waals surface area (Å²) in [6.07, 6.45) is 0. The molecule has 0 amide bonds. The van der Waals surface area contributed by atoms with Crippen molar-refractivity contribution in [2.75, 3.05) is 26.9 Å². The number of esters is 1. The molecule has 1 N–H and O–H groups in total. The molecule has 0 radical (unpaired) electrons. The average molecular weight is 162 g/mol. The van der Waals surface area contributed by atoms with Crippen molar-refractivity contribution in [3.05, 3.63) is 0 Å². The van der Waals surface area contributed by atoms with E-state index in [1.54, 1.807) is 0 Å². The van der Waals surface area contributed by atoms with Gasteiger partial charge in [0.1, 0.15) is 0 Å². The second kappa shape index (κ2) is 6.12. The standard InChI is InChI=1S/C7H14O4/c1-6(9)11-5-7(3-8)4-10-2/h7-8H,3-5H2,1-2H3/t7-/m0/s1. The maximum atomic E-state index is 10.3. The lowest BCUT2D eigenvalue weighted by Crippen LogP contribution is -2.20. The monoisotopic (exact) mass is 162 g/mol. The van der Waals surface area contributed by atoms with Gasteiger partial charge in [0.05, 0.1) is 19.8 Å². The highest BCUT2D eigenvalue weighted by Crippen LogP contribution is 1.96. The van der Waals surface area contributed by atoms with Crippen molar-refractivity contribution in [3.8, 4) is 0 Å². The summed E-state index contributed by atoms with van der Waals surface area (Å²) >= 11 is 0. The fourth-order valence-corrected chi connectivity index (χ4v) is 0.624. The van der Waals surface area contributed by atoms with Gasteiger partial charge < -0.3 is 14.6 Å². The Bertz CT molecular complexity index is 113. The van der Waals surface area contributed by atoms with Crippen molar-refractivity contribution < 1.29 is 19.4 Å². The zero-order valence-corrected chi connectivity index (χ0v) is 6.87. The van der Waals surface area contributed by atoms with E-state index in [-0.39, 0.29) is 25.1 Å². The van der Waals surface area contributed by atoms with Gasteiger partial charge in [-0.1, -0.05) is 0 Å². The fraction of sp³-hybridized carbons (Fsp3) is 0.857. The van der Waals surface area contributed by atoms with Crippen LogP contribution in [0.2, 0.25) is 0 Å². The lowest BCUT2D eigenvalue weighted by Gasteiger charge is -2.11. The third kappa shape index (κ3) is 5.82. The lowest BCUT2D eigenvalue weighted by molar-refractivity contribution is -0.143. The highest BCUT2D eigenvalue weighted by atomic mass is 16.5. The Morgan fingerprint density at radius 1 is 1.55 bits per heavy atom. The molecule has 0 fully saturated rings. The van der Waals surface area contributed by atoms with Gasteiger partial charge in [-0.3, -0.25) is 4.79 Å². The molecule has 0 saturated heterocycles. The Hall–Kier alpha value is -0.610. The van der Waals surface area contributed by atoms with E-state index >= 15 is 0 Å². The summed E-state index contributed by atoms with van der Waals surface area (Å²) in [6.45, 7) is 1.94. The molecule has 0 aromatic rings. The molecule has 0 aliphatic rings. The summed E-state index contributed by atoms with van der Waals surface area (Å²) in [5.41, 5.74) is 0. The molecule has 0 aromatic carbocycles. The van der Waals surface area contributed by atoms with Crippen LogP contribution in [0.4, 0.5) is 0 Å². The SMILES string of the molecule is COC[C@H](CO)COC(C)=O. The Balaban J connectivity index is 3.43. The molecular weight excluding hydrogens is 148 g/mol. The number of ether oxygens (including phenoxy) is 2. The van der Waals surface area contributed by atoms with Crippen LogP contribution in [0.5, 0.6) is 0 Å². The first-order valence-electron chi connectivity index (χ1n) is 3.43. The van der Waals surface area contributed by atoms with E-state index in [1.165, 1.54) is 14.0 Å². The van der Waals surface area contributed by atoms with Gasteiger partial charge >= 0.3 is 5.97 Å². The summed E-state index contributed by atoms with van der Waals surface area (Å²) in [6, 6.07) is 0. The van der Waals surface area contributed by atoms with Gasteiger partial charge in [-0.25, -0.2) is 0 Å². The van der Waals surface area contributed by atoms with Crippen molar-refractivity contribution >= 4 is 5.97 Å². The summed E-state index contributed by atoms with van der Waals surface area (Å²) in [4.78, 5) is 10.3. The van der Waals surface area contributed by atoms with Crippen LogP contribution in [0.1, 0.15) is 6.92 Å². The highest BCUT2D eigenvalue weighted by molar-refractivity contribution is 5.65. The first-order chi connectivity index (χ1) is 5.20. The smallest absolute Gasteiger partial charge is 0.302 e. The van der Waals surface area contributed by atoms with Crippen LogP contribution in [0.25, 0.3) is 0 Å². The van der Waals surface area contributed by atoms with Crippen molar-refractivity contribution in [1.29, 1.82) is 0 Å². The molecule has 0 rings (SSSR count). The van der Waals surface area contributed by atoms with Crippen LogP contribution >= 0.6 is 0 Å². The predicted octanol–water partition coefficient (Wildman–Crippen LogP) is -0.196. The maximum absolute atomic E-state index is 10.3. The van der Waals surface area contributed by atoms with E-state index in [0.717, 1.165) is 0 Å². The Morgan fingerprint density at radius 3 is 2.55 bits per heavy atom. The highest BCUT2D eigenvalue weighted by Gasteiger charge is 2.07. The number of hydrogen-bond donors (Lipinski definition) is 1. The predicted molar refractivity (Wildman–Crippen MR) is 39.1 cm³/mol. The summed E-state index contributed by atoms with van der Waals surface area (Å²) in [7, 11) is 1.54. The third-order valence-corrected chi connectivity index (χ3v) is 1.18. The first kappa shape index (κ1) is 10.4. The van der Waals surface area contributed by atoms with Gasteiger partial charge in [0.15, 0.2) is 0 Å². The lowest BCUT2D eigenvalue weighted by atomic mass is 10.2. The van der Waals surface area contributed by atoms with Crippen molar-refractivity contribution in [2.45, 2.75) is 6.92 Å². The minimum Gasteiger partial charge on any atom is -0.465 e. The minimum absolute atomic E-state index is 0.0267. The van der Waals surface area contributed by atoms with Crippen LogP contribution in [-0.4, -0.2) is 38.0 Å². The van der Waals surface area contributed by atoms with E-state index in [0.29, 0.717) is 6.61 Å². The van der Waals surface area contributed by atoms with Crippen LogP contribution in [-0.2, 0) is 14.3 Å². The zero-order chi connectivity index (χ0) is 8.69. The molecule has 0 aromatic heterocycles. The second-order valence-corrected chi connectivity index (χ2v) is 2.31. The Kier molecular flexibility index (Phi) is 5.78. The van der Waals surface area contributed by atoms with E-state index in [2.05, 4.69) is 4.74 Å². The Morgan fingerprint density at radius 2 is 2.18 bits per heavy atom. The summed E-state index contributed by atoms with van der Waals surface area (Å²) < 4.78 is 9.44. The number of carbonyl (C=O) groups excluding carboxylic acids is 1. The van der Waals surface area contributed by atoms with Crippen molar-refractivity contribution in [3.63, 3.8) is 0 Å². The first-order valence-corrected chi connectivity index (χ1v) is 3.43. The molecule has 0 spiro atoms. The van der Waals surface area contributed by atoms with Crippen LogP contribution in [0.3, 0.4) is 0 Å². The van der Waals surface area contributed by atoms with Crippen LogP contribution < -0.4 is 0 Å². The fourth-order valence-electron chi connectivity index (χ4n) is 0.624. The van der Waals surface area contributed by atoms with Gasteiger partial charge in [-0.15, -0.1) is 0 Å². The number of hydrogen-bond acceptors (Lipinski definition) is 4.